The van der Waals surface area contributed by atoms with E-state index in [1.54, 1.807) is 23.9 Å². The quantitative estimate of drug-likeness (QED) is 0.906. The fraction of sp³-hybridized carbons (Fsp3) is 0.500. The Morgan fingerprint density at radius 1 is 1.39 bits per heavy atom. The van der Waals surface area contributed by atoms with Gasteiger partial charge in [0.15, 0.2) is 5.82 Å². The van der Waals surface area contributed by atoms with Crippen molar-refractivity contribution < 1.29 is 14.6 Å². The van der Waals surface area contributed by atoms with Crippen molar-refractivity contribution in [1.82, 2.24) is 9.61 Å². The van der Waals surface area contributed by atoms with E-state index >= 15 is 0 Å². The van der Waals surface area contributed by atoms with Gasteiger partial charge >= 0.3 is 6.09 Å². The van der Waals surface area contributed by atoms with E-state index in [4.69, 9.17) is 9.84 Å². The number of anilines is 2. The van der Waals surface area contributed by atoms with Crippen LogP contribution in [-0.4, -0.2) is 47.6 Å². The minimum absolute atomic E-state index is 0.170. The van der Waals surface area contributed by atoms with Gasteiger partial charge in [0.1, 0.15) is 0 Å². The maximum Gasteiger partial charge on any atom is 0.409 e. The zero-order valence-corrected chi connectivity index (χ0v) is 13.5. The van der Waals surface area contributed by atoms with Gasteiger partial charge in [-0.15, -0.1) is 0 Å². The average molecular weight is 318 g/mol. The molecule has 2 N–H and O–H groups in total. The fourth-order valence-corrected chi connectivity index (χ4v) is 3.24. The molecule has 1 amide bonds. The Bertz CT molecular complexity index is 704. The summed E-state index contributed by atoms with van der Waals surface area (Å²) in [5, 5.41) is 15.9. The molecule has 0 bridgehead atoms. The zero-order chi connectivity index (χ0) is 16.4. The van der Waals surface area contributed by atoms with Crippen LogP contribution in [0.2, 0.25) is 0 Å². The predicted molar refractivity (Wildman–Crippen MR) is 88.3 cm³/mol. The van der Waals surface area contributed by atoms with Crippen molar-refractivity contribution in [2.45, 2.75) is 19.8 Å². The molecule has 0 spiro atoms. The van der Waals surface area contributed by atoms with Crippen molar-refractivity contribution in [3.8, 4) is 0 Å². The average Bonchev–Trinajstić information content (AvgIpc) is 2.96. The molecular weight excluding hydrogens is 296 g/mol. The normalized spacial score (nSPS) is 17.4. The van der Waals surface area contributed by atoms with E-state index < -0.39 is 6.09 Å². The van der Waals surface area contributed by atoms with Crippen LogP contribution in [0.25, 0.3) is 5.52 Å². The number of nitrogens with zero attached hydrogens (tertiary/aromatic N) is 3. The molecular formula is C16H22N4O3. The number of amides is 1. The maximum absolute atomic E-state index is 11.1. The topological polar surface area (TPSA) is 79.1 Å². The van der Waals surface area contributed by atoms with Crippen LogP contribution in [0.1, 0.15) is 19.8 Å². The first kappa shape index (κ1) is 15.6. The Hall–Kier alpha value is -2.28. The standard InChI is InChI=1S/C16H22N4O3/c1-16(11-23-2)6-9-19(10-7-16)14-13(18-15(21)22)4-3-12-5-8-17-20(12)14/h3-5,8,18H,6-7,9-11H2,1-2H3,(H,21,22). The largest absolute Gasteiger partial charge is 0.465 e. The lowest BCUT2D eigenvalue weighted by Crippen LogP contribution is -2.42. The summed E-state index contributed by atoms with van der Waals surface area (Å²) in [6.45, 7) is 4.66. The Labute approximate surface area is 134 Å². The Balaban J connectivity index is 1.92. The molecule has 0 atom stereocenters. The van der Waals surface area contributed by atoms with Crippen molar-refractivity contribution in [2.75, 3.05) is 37.0 Å². The Morgan fingerprint density at radius 2 is 2.13 bits per heavy atom. The number of pyridine rings is 1. The highest BCUT2D eigenvalue weighted by Gasteiger charge is 2.32. The summed E-state index contributed by atoms with van der Waals surface area (Å²) in [5.41, 5.74) is 1.68. The third-order valence-electron chi connectivity index (χ3n) is 4.54. The molecule has 1 saturated heterocycles. The molecule has 23 heavy (non-hydrogen) atoms. The van der Waals surface area contributed by atoms with Gasteiger partial charge in [-0.1, -0.05) is 6.92 Å². The number of aromatic nitrogens is 2. The lowest BCUT2D eigenvalue weighted by Gasteiger charge is -2.40. The minimum Gasteiger partial charge on any atom is -0.465 e. The first-order valence-corrected chi connectivity index (χ1v) is 7.73. The third-order valence-corrected chi connectivity index (χ3v) is 4.54. The van der Waals surface area contributed by atoms with E-state index in [2.05, 4.69) is 22.2 Å². The number of hydrogen-bond donors (Lipinski definition) is 2. The van der Waals surface area contributed by atoms with Crippen molar-refractivity contribution in [1.29, 1.82) is 0 Å². The van der Waals surface area contributed by atoms with Crippen LogP contribution in [0, 0.1) is 5.41 Å². The number of fused-ring (bicyclic) bond motifs is 1. The lowest BCUT2D eigenvalue weighted by atomic mass is 9.81. The van der Waals surface area contributed by atoms with Gasteiger partial charge in [-0.25, -0.2) is 9.31 Å². The fourth-order valence-electron chi connectivity index (χ4n) is 3.24. The van der Waals surface area contributed by atoms with Gasteiger partial charge in [0.25, 0.3) is 0 Å². The van der Waals surface area contributed by atoms with Gasteiger partial charge in [-0.3, -0.25) is 5.32 Å². The predicted octanol–water partition coefficient (Wildman–Crippen LogP) is 2.68. The summed E-state index contributed by atoms with van der Waals surface area (Å²) < 4.78 is 7.13. The van der Waals surface area contributed by atoms with E-state index in [9.17, 15) is 4.79 Å². The summed E-state index contributed by atoms with van der Waals surface area (Å²) >= 11 is 0. The van der Waals surface area contributed by atoms with Crippen molar-refractivity contribution >= 4 is 23.1 Å². The maximum atomic E-state index is 11.1. The van der Waals surface area contributed by atoms with Crippen molar-refractivity contribution in [3.05, 3.63) is 24.4 Å². The highest BCUT2D eigenvalue weighted by molar-refractivity contribution is 5.88. The molecule has 1 aliphatic rings. The molecule has 0 unspecified atom stereocenters. The van der Waals surface area contributed by atoms with Gasteiger partial charge in [-0.2, -0.15) is 5.10 Å². The zero-order valence-electron chi connectivity index (χ0n) is 13.5. The van der Waals surface area contributed by atoms with E-state index in [-0.39, 0.29) is 5.41 Å². The molecule has 1 fully saturated rings. The summed E-state index contributed by atoms with van der Waals surface area (Å²) in [6.07, 6.45) is 2.64. The van der Waals surface area contributed by atoms with Gasteiger partial charge in [0, 0.05) is 20.2 Å². The van der Waals surface area contributed by atoms with E-state index in [0.717, 1.165) is 43.9 Å². The molecule has 0 aliphatic carbocycles. The number of nitrogens with one attached hydrogen (secondary N) is 1. The number of carboxylic acid groups (broad SMARTS) is 1. The number of hydrogen-bond acceptors (Lipinski definition) is 4. The SMILES string of the molecule is COCC1(C)CCN(c2c(NC(=O)O)ccc3ccnn23)CC1. The monoisotopic (exact) mass is 318 g/mol. The number of methoxy groups -OCH3 is 1. The van der Waals surface area contributed by atoms with Crippen LogP contribution >= 0.6 is 0 Å². The van der Waals surface area contributed by atoms with Gasteiger partial charge in [0.2, 0.25) is 0 Å². The van der Waals surface area contributed by atoms with E-state index in [0.29, 0.717) is 5.69 Å². The summed E-state index contributed by atoms with van der Waals surface area (Å²) in [7, 11) is 1.73. The molecule has 2 aromatic heterocycles. The molecule has 2 aromatic rings. The molecule has 0 aromatic carbocycles. The van der Waals surface area contributed by atoms with Crippen molar-refractivity contribution in [2.24, 2.45) is 5.41 Å². The smallest absolute Gasteiger partial charge is 0.409 e. The van der Waals surface area contributed by atoms with E-state index in [1.807, 2.05) is 12.1 Å². The van der Waals surface area contributed by atoms with Crippen LogP contribution in [0.15, 0.2) is 24.4 Å². The second-order valence-corrected chi connectivity index (χ2v) is 6.40. The number of piperidine rings is 1. The van der Waals surface area contributed by atoms with Crippen molar-refractivity contribution in [3.63, 3.8) is 0 Å². The van der Waals surface area contributed by atoms with Gasteiger partial charge in [0.05, 0.1) is 24.0 Å². The highest BCUT2D eigenvalue weighted by atomic mass is 16.5. The second-order valence-electron chi connectivity index (χ2n) is 6.40. The van der Waals surface area contributed by atoms with Crippen LogP contribution in [0.5, 0.6) is 0 Å². The van der Waals surface area contributed by atoms with Gasteiger partial charge in [-0.05, 0) is 36.5 Å². The van der Waals surface area contributed by atoms with Gasteiger partial charge < -0.3 is 14.7 Å². The highest BCUT2D eigenvalue weighted by Crippen LogP contribution is 2.36. The van der Waals surface area contributed by atoms with Crippen LogP contribution in [0.3, 0.4) is 0 Å². The summed E-state index contributed by atoms with van der Waals surface area (Å²) in [6, 6.07) is 5.57. The minimum atomic E-state index is -1.07. The number of ether oxygens (including phenoxy) is 1. The Morgan fingerprint density at radius 3 is 2.78 bits per heavy atom. The van der Waals surface area contributed by atoms with E-state index in [1.165, 1.54) is 0 Å². The van der Waals surface area contributed by atoms with Crippen LogP contribution in [0.4, 0.5) is 16.3 Å². The first-order valence-electron chi connectivity index (χ1n) is 7.73. The molecule has 7 nitrogen and oxygen atoms in total. The second kappa shape index (κ2) is 6.08. The number of rotatable bonds is 4. The van der Waals surface area contributed by atoms with Crippen LogP contribution in [-0.2, 0) is 4.74 Å². The molecule has 1 aliphatic heterocycles. The molecule has 0 radical (unpaired) electrons. The molecule has 7 heteroatoms. The first-order chi connectivity index (χ1) is 11.0. The number of carbonyl (C=O) groups is 1. The van der Waals surface area contributed by atoms with Crippen LogP contribution < -0.4 is 10.2 Å². The Kier molecular flexibility index (Phi) is 4.12. The summed E-state index contributed by atoms with van der Waals surface area (Å²) in [4.78, 5) is 13.3. The third kappa shape index (κ3) is 3.10. The molecule has 0 saturated carbocycles. The molecule has 124 valence electrons. The lowest BCUT2D eigenvalue weighted by molar-refractivity contribution is 0.0729. The molecule has 3 heterocycles. The molecule has 3 rings (SSSR count). The summed E-state index contributed by atoms with van der Waals surface area (Å²) in [5.74, 6) is 0.800.